The zero-order valence-electron chi connectivity index (χ0n) is 14.7. The molecule has 0 amide bonds. The Morgan fingerprint density at radius 1 is 1.25 bits per heavy atom. The van der Waals surface area contributed by atoms with Crippen LogP contribution in [0.4, 0.5) is 0 Å². The molecule has 1 rings (SSSR count). The third kappa shape index (κ3) is 7.71. The summed E-state index contributed by atoms with van der Waals surface area (Å²) in [7, 11) is 0. The average Bonchev–Trinajstić information content (AvgIpc) is 2.95. The third-order valence-electron chi connectivity index (χ3n) is 4.57. The minimum atomic E-state index is -0.860. The number of carbonyl (C=O) groups is 3. The highest BCUT2D eigenvalue weighted by Gasteiger charge is 2.35. The second-order valence-corrected chi connectivity index (χ2v) is 6.52. The second kappa shape index (κ2) is 11.8. The fourth-order valence-electron chi connectivity index (χ4n) is 3.17. The Morgan fingerprint density at radius 2 is 2.04 bits per heavy atom. The Balaban J connectivity index is 2.25. The zero-order chi connectivity index (χ0) is 17.8. The van der Waals surface area contributed by atoms with Crippen molar-refractivity contribution in [1.29, 1.82) is 0 Å². The first-order valence-corrected chi connectivity index (χ1v) is 9.16. The Morgan fingerprint density at radius 3 is 2.67 bits per heavy atom. The largest absolute Gasteiger partial charge is 0.481 e. The summed E-state index contributed by atoms with van der Waals surface area (Å²) in [5.41, 5.74) is 0. The van der Waals surface area contributed by atoms with Gasteiger partial charge in [-0.05, 0) is 44.6 Å². The van der Waals surface area contributed by atoms with Gasteiger partial charge in [0, 0.05) is 18.8 Å². The van der Waals surface area contributed by atoms with Gasteiger partial charge in [-0.15, -0.1) is 0 Å². The van der Waals surface area contributed by atoms with Gasteiger partial charge in [0.1, 0.15) is 5.78 Å². The number of allylic oxidation sites excluding steroid dienone is 4. The van der Waals surface area contributed by atoms with E-state index in [0.29, 0.717) is 38.5 Å². The number of rotatable bonds is 12. The van der Waals surface area contributed by atoms with Crippen LogP contribution in [0.3, 0.4) is 0 Å². The quantitative estimate of drug-likeness (QED) is 0.324. The summed E-state index contributed by atoms with van der Waals surface area (Å²) >= 11 is 0. The molecule has 0 radical (unpaired) electrons. The Kier molecular flexibility index (Phi) is 9.97. The normalized spacial score (nSPS) is 19.4. The standard InChI is InChI=1S/C20H30O4/c1-2-3-7-11-16(21)12-8-5-4-6-9-13-18(20(23)24)17-14-10-15-19(17)22/h4,6,8,12,17-18H,2-3,5,7,9-11,13-15H2,1H3,(H,23,24)/b6-4+,12-8-/t17-,18+/m1/s1. The molecule has 24 heavy (non-hydrogen) atoms. The first-order valence-electron chi connectivity index (χ1n) is 9.16. The molecule has 0 aliphatic heterocycles. The number of aliphatic carboxylic acids is 1. The van der Waals surface area contributed by atoms with Gasteiger partial charge in [0.15, 0.2) is 5.78 Å². The van der Waals surface area contributed by atoms with Crippen molar-refractivity contribution in [1.82, 2.24) is 0 Å². The molecule has 134 valence electrons. The molecule has 0 aromatic carbocycles. The van der Waals surface area contributed by atoms with Crippen molar-refractivity contribution in [3.63, 3.8) is 0 Å². The van der Waals surface area contributed by atoms with E-state index in [4.69, 9.17) is 0 Å². The minimum absolute atomic E-state index is 0.107. The van der Waals surface area contributed by atoms with Gasteiger partial charge >= 0.3 is 5.97 Å². The van der Waals surface area contributed by atoms with Gasteiger partial charge in [-0.2, -0.15) is 0 Å². The number of ketones is 2. The maximum atomic E-state index is 11.7. The van der Waals surface area contributed by atoms with Crippen molar-refractivity contribution in [3.05, 3.63) is 24.3 Å². The van der Waals surface area contributed by atoms with E-state index in [-0.39, 0.29) is 17.5 Å². The molecular weight excluding hydrogens is 304 g/mol. The van der Waals surface area contributed by atoms with Crippen molar-refractivity contribution in [2.75, 3.05) is 0 Å². The lowest BCUT2D eigenvalue weighted by Crippen LogP contribution is -2.26. The van der Waals surface area contributed by atoms with Gasteiger partial charge < -0.3 is 5.11 Å². The highest BCUT2D eigenvalue weighted by Crippen LogP contribution is 2.31. The predicted molar refractivity (Wildman–Crippen MR) is 94.8 cm³/mol. The fourth-order valence-corrected chi connectivity index (χ4v) is 3.17. The fraction of sp³-hybridized carbons (Fsp3) is 0.650. The second-order valence-electron chi connectivity index (χ2n) is 6.52. The van der Waals surface area contributed by atoms with E-state index in [1.807, 2.05) is 18.2 Å². The molecule has 0 bridgehead atoms. The summed E-state index contributed by atoms with van der Waals surface area (Å²) in [5.74, 6) is -1.43. The van der Waals surface area contributed by atoms with Gasteiger partial charge in [0.25, 0.3) is 0 Å². The lowest BCUT2D eigenvalue weighted by Gasteiger charge is -2.16. The molecule has 1 N–H and O–H groups in total. The van der Waals surface area contributed by atoms with E-state index in [9.17, 15) is 19.5 Å². The van der Waals surface area contributed by atoms with Crippen LogP contribution in [0.5, 0.6) is 0 Å². The number of Topliss-reactive ketones (excluding diaryl/α,β-unsaturated/α-hetero) is 1. The maximum absolute atomic E-state index is 11.7. The summed E-state index contributed by atoms with van der Waals surface area (Å²) in [5, 5.41) is 9.32. The molecule has 0 aromatic heterocycles. The lowest BCUT2D eigenvalue weighted by molar-refractivity contribution is -0.146. The highest BCUT2D eigenvalue weighted by molar-refractivity contribution is 5.89. The van der Waals surface area contributed by atoms with E-state index in [2.05, 4.69) is 6.92 Å². The molecule has 0 unspecified atom stereocenters. The summed E-state index contributed by atoms with van der Waals surface area (Å²) < 4.78 is 0. The summed E-state index contributed by atoms with van der Waals surface area (Å²) in [6.45, 7) is 2.11. The van der Waals surface area contributed by atoms with Crippen LogP contribution in [0.15, 0.2) is 24.3 Å². The number of hydrogen-bond donors (Lipinski definition) is 1. The Hall–Kier alpha value is -1.71. The number of carbonyl (C=O) groups excluding carboxylic acids is 2. The third-order valence-corrected chi connectivity index (χ3v) is 4.57. The van der Waals surface area contributed by atoms with Gasteiger partial charge in [-0.3, -0.25) is 14.4 Å². The van der Waals surface area contributed by atoms with Gasteiger partial charge in [-0.25, -0.2) is 0 Å². The monoisotopic (exact) mass is 334 g/mol. The topological polar surface area (TPSA) is 71.4 Å². The van der Waals surface area contributed by atoms with Crippen LogP contribution in [0.1, 0.15) is 71.1 Å². The van der Waals surface area contributed by atoms with Crippen molar-refractivity contribution in [3.8, 4) is 0 Å². The summed E-state index contributed by atoms with van der Waals surface area (Å²) in [4.78, 5) is 34.6. The van der Waals surface area contributed by atoms with Crippen LogP contribution in [-0.2, 0) is 14.4 Å². The molecular formula is C20H30O4. The van der Waals surface area contributed by atoms with Gasteiger partial charge in [0.2, 0.25) is 0 Å². The molecule has 1 saturated carbocycles. The molecule has 0 spiro atoms. The SMILES string of the molecule is CCCCCC(=O)/C=C\C/C=C/CC[C@H](C(=O)O)[C@H]1CCCC1=O. The van der Waals surface area contributed by atoms with Crippen molar-refractivity contribution in [2.24, 2.45) is 11.8 Å². The minimum Gasteiger partial charge on any atom is -0.481 e. The van der Waals surface area contributed by atoms with Crippen molar-refractivity contribution in [2.45, 2.75) is 71.1 Å². The van der Waals surface area contributed by atoms with Crippen molar-refractivity contribution >= 4 is 17.5 Å². The van der Waals surface area contributed by atoms with Crippen molar-refractivity contribution < 1.29 is 19.5 Å². The Bertz CT molecular complexity index is 476. The molecule has 0 heterocycles. The molecule has 2 atom stereocenters. The first-order chi connectivity index (χ1) is 11.6. The number of unbranched alkanes of at least 4 members (excludes halogenated alkanes) is 2. The van der Waals surface area contributed by atoms with E-state index in [1.165, 1.54) is 0 Å². The molecule has 1 fully saturated rings. The highest BCUT2D eigenvalue weighted by atomic mass is 16.4. The molecule has 1 aliphatic carbocycles. The summed E-state index contributed by atoms with van der Waals surface area (Å²) in [6.07, 6.45) is 15.0. The van der Waals surface area contributed by atoms with Crippen LogP contribution in [-0.4, -0.2) is 22.6 Å². The van der Waals surface area contributed by atoms with E-state index in [0.717, 1.165) is 25.7 Å². The van der Waals surface area contributed by atoms with Crippen LogP contribution in [0, 0.1) is 11.8 Å². The zero-order valence-corrected chi connectivity index (χ0v) is 14.7. The van der Waals surface area contributed by atoms with Gasteiger partial charge in [-0.1, -0.05) is 38.0 Å². The van der Waals surface area contributed by atoms with E-state index < -0.39 is 11.9 Å². The van der Waals surface area contributed by atoms with Gasteiger partial charge in [0.05, 0.1) is 5.92 Å². The molecule has 0 saturated heterocycles. The number of hydrogen-bond acceptors (Lipinski definition) is 3. The predicted octanol–water partition coefficient (Wildman–Crippen LogP) is 4.49. The molecule has 1 aliphatic rings. The number of carboxylic acids is 1. The summed E-state index contributed by atoms with van der Waals surface area (Å²) in [6, 6.07) is 0. The smallest absolute Gasteiger partial charge is 0.307 e. The van der Waals surface area contributed by atoms with Crippen LogP contribution in [0.25, 0.3) is 0 Å². The van der Waals surface area contributed by atoms with E-state index >= 15 is 0 Å². The van der Waals surface area contributed by atoms with E-state index in [1.54, 1.807) is 6.08 Å². The Labute approximate surface area is 145 Å². The molecule has 0 aromatic rings. The van der Waals surface area contributed by atoms with Crippen LogP contribution in [0.2, 0.25) is 0 Å². The van der Waals surface area contributed by atoms with Crippen LogP contribution >= 0.6 is 0 Å². The van der Waals surface area contributed by atoms with Crippen LogP contribution < -0.4 is 0 Å². The lowest BCUT2D eigenvalue weighted by atomic mass is 9.86. The average molecular weight is 334 g/mol. The number of carboxylic acid groups (broad SMARTS) is 1. The molecule has 4 heteroatoms. The maximum Gasteiger partial charge on any atom is 0.307 e. The first kappa shape index (κ1) is 20.3. The molecule has 4 nitrogen and oxygen atoms in total.